The summed E-state index contributed by atoms with van der Waals surface area (Å²) < 4.78 is 0. The first kappa shape index (κ1) is 8.76. The standard InChI is InChI=1S/C12H16O/c13-8-2-4-10-3-1-5-12(9-10)11-6-7-11/h1,3,5,9,11,13H,2,4,6-8H2. The molecule has 0 atom stereocenters. The third kappa shape index (κ3) is 2.31. The molecule has 1 heteroatoms. The number of aryl methyl sites for hydroxylation is 1. The Hall–Kier alpha value is -0.820. The van der Waals surface area contributed by atoms with Crippen LogP contribution in [0.5, 0.6) is 0 Å². The summed E-state index contributed by atoms with van der Waals surface area (Å²) in [5.41, 5.74) is 2.87. The van der Waals surface area contributed by atoms with Gasteiger partial charge in [0.15, 0.2) is 0 Å². The van der Waals surface area contributed by atoms with Gasteiger partial charge in [-0.15, -0.1) is 0 Å². The molecule has 1 aromatic rings. The van der Waals surface area contributed by atoms with E-state index < -0.39 is 0 Å². The fraction of sp³-hybridized carbons (Fsp3) is 0.500. The van der Waals surface area contributed by atoms with Crippen LogP contribution in [-0.4, -0.2) is 11.7 Å². The number of aliphatic hydroxyl groups excluding tert-OH is 1. The number of aliphatic hydroxyl groups is 1. The first-order valence-corrected chi connectivity index (χ1v) is 5.10. The van der Waals surface area contributed by atoms with Crippen LogP contribution in [0, 0.1) is 0 Å². The van der Waals surface area contributed by atoms with Crippen molar-refractivity contribution in [2.45, 2.75) is 31.6 Å². The lowest BCUT2D eigenvalue weighted by molar-refractivity contribution is 0.288. The molecule has 1 N–H and O–H groups in total. The predicted molar refractivity (Wildman–Crippen MR) is 53.8 cm³/mol. The first-order chi connectivity index (χ1) is 6.40. The fourth-order valence-electron chi connectivity index (χ4n) is 1.70. The maximum absolute atomic E-state index is 8.72. The molecule has 0 unspecified atom stereocenters. The largest absolute Gasteiger partial charge is 0.396 e. The summed E-state index contributed by atoms with van der Waals surface area (Å²) >= 11 is 0. The summed E-state index contributed by atoms with van der Waals surface area (Å²) in [6.45, 7) is 0.299. The molecule has 0 amide bonds. The summed E-state index contributed by atoms with van der Waals surface area (Å²) in [5, 5.41) is 8.72. The Morgan fingerprint density at radius 2 is 2.15 bits per heavy atom. The lowest BCUT2D eigenvalue weighted by atomic mass is 10.0. The van der Waals surface area contributed by atoms with Crippen LogP contribution in [0.1, 0.15) is 36.3 Å². The van der Waals surface area contributed by atoms with Crippen molar-refractivity contribution < 1.29 is 5.11 Å². The zero-order valence-corrected chi connectivity index (χ0v) is 7.87. The Balaban J connectivity index is 2.03. The van der Waals surface area contributed by atoms with E-state index in [-0.39, 0.29) is 0 Å². The van der Waals surface area contributed by atoms with Gasteiger partial charge in [-0.25, -0.2) is 0 Å². The highest BCUT2D eigenvalue weighted by Gasteiger charge is 2.23. The van der Waals surface area contributed by atoms with Gasteiger partial charge in [-0.3, -0.25) is 0 Å². The van der Waals surface area contributed by atoms with Crippen LogP contribution in [0.2, 0.25) is 0 Å². The van der Waals surface area contributed by atoms with E-state index in [1.807, 2.05) is 0 Å². The minimum Gasteiger partial charge on any atom is -0.396 e. The van der Waals surface area contributed by atoms with E-state index >= 15 is 0 Å². The lowest BCUT2D eigenvalue weighted by Crippen LogP contribution is -1.90. The van der Waals surface area contributed by atoms with Crippen molar-refractivity contribution in [3.8, 4) is 0 Å². The molecule has 1 aromatic carbocycles. The van der Waals surface area contributed by atoms with Gasteiger partial charge in [-0.1, -0.05) is 24.3 Å². The van der Waals surface area contributed by atoms with Crippen molar-refractivity contribution in [2.24, 2.45) is 0 Å². The second-order valence-electron chi connectivity index (χ2n) is 3.85. The molecule has 70 valence electrons. The zero-order chi connectivity index (χ0) is 9.10. The van der Waals surface area contributed by atoms with Crippen molar-refractivity contribution in [3.63, 3.8) is 0 Å². The van der Waals surface area contributed by atoms with Gasteiger partial charge < -0.3 is 5.11 Å². The number of benzene rings is 1. The number of rotatable bonds is 4. The van der Waals surface area contributed by atoms with E-state index in [9.17, 15) is 0 Å². The third-order valence-corrected chi connectivity index (χ3v) is 2.62. The highest BCUT2D eigenvalue weighted by atomic mass is 16.2. The molecule has 0 aromatic heterocycles. The summed E-state index contributed by atoms with van der Waals surface area (Å²) in [4.78, 5) is 0. The highest BCUT2D eigenvalue weighted by Crippen LogP contribution is 2.40. The van der Waals surface area contributed by atoms with Crippen LogP contribution in [0.3, 0.4) is 0 Å². The van der Waals surface area contributed by atoms with Gasteiger partial charge in [0.1, 0.15) is 0 Å². The van der Waals surface area contributed by atoms with E-state index in [0.717, 1.165) is 18.8 Å². The van der Waals surface area contributed by atoms with Gasteiger partial charge in [0.25, 0.3) is 0 Å². The molecule has 2 rings (SSSR count). The average molecular weight is 176 g/mol. The second-order valence-corrected chi connectivity index (χ2v) is 3.85. The summed E-state index contributed by atoms with van der Waals surface area (Å²) in [7, 11) is 0. The van der Waals surface area contributed by atoms with Crippen molar-refractivity contribution >= 4 is 0 Å². The van der Waals surface area contributed by atoms with Crippen molar-refractivity contribution in [1.82, 2.24) is 0 Å². The molecule has 0 radical (unpaired) electrons. The molecular formula is C12H16O. The highest BCUT2D eigenvalue weighted by molar-refractivity contribution is 5.29. The van der Waals surface area contributed by atoms with Gasteiger partial charge >= 0.3 is 0 Å². The van der Waals surface area contributed by atoms with Crippen LogP contribution in [0.4, 0.5) is 0 Å². The van der Waals surface area contributed by atoms with Crippen molar-refractivity contribution in [1.29, 1.82) is 0 Å². The molecule has 0 bridgehead atoms. The van der Waals surface area contributed by atoms with Crippen LogP contribution >= 0.6 is 0 Å². The van der Waals surface area contributed by atoms with Gasteiger partial charge in [-0.05, 0) is 42.7 Å². The number of hydrogen-bond donors (Lipinski definition) is 1. The van der Waals surface area contributed by atoms with Crippen LogP contribution in [0.25, 0.3) is 0 Å². The normalized spacial score (nSPS) is 16.1. The van der Waals surface area contributed by atoms with Crippen molar-refractivity contribution in [2.75, 3.05) is 6.61 Å². The Kier molecular flexibility index (Phi) is 2.65. The molecule has 13 heavy (non-hydrogen) atoms. The maximum Gasteiger partial charge on any atom is 0.0434 e. The molecule has 0 spiro atoms. The Morgan fingerprint density at radius 1 is 1.31 bits per heavy atom. The lowest BCUT2D eigenvalue weighted by Gasteiger charge is -2.02. The molecule has 0 heterocycles. The molecule has 1 fully saturated rings. The SMILES string of the molecule is OCCCc1cccc(C2CC2)c1. The molecule has 0 aliphatic heterocycles. The quantitative estimate of drug-likeness (QED) is 0.747. The number of hydrogen-bond acceptors (Lipinski definition) is 1. The van der Waals surface area contributed by atoms with E-state index in [4.69, 9.17) is 5.11 Å². The van der Waals surface area contributed by atoms with Gasteiger partial charge in [0.05, 0.1) is 0 Å². The van der Waals surface area contributed by atoms with Crippen LogP contribution < -0.4 is 0 Å². The van der Waals surface area contributed by atoms with E-state index in [1.54, 1.807) is 0 Å². The molecule has 1 aliphatic rings. The monoisotopic (exact) mass is 176 g/mol. The minimum atomic E-state index is 0.299. The topological polar surface area (TPSA) is 20.2 Å². The molecule has 0 saturated heterocycles. The van der Waals surface area contributed by atoms with E-state index in [2.05, 4.69) is 24.3 Å². The van der Waals surface area contributed by atoms with Crippen LogP contribution in [-0.2, 0) is 6.42 Å². The Morgan fingerprint density at radius 3 is 2.85 bits per heavy atom. The van der Waals surface area contributed by atoms with Gasteiger partial charge in [-0.2, -0.15) is 0 Å². The fourth-order valence-corrected chi connectivity index (χ4v) is 1.70. The molecule has 1 aliphatic carbocycles. The second kappa shape index (κ2) is 3.93. The van der Waals surface area contributed by atoms with E-state index in [1.165, 1.54) is 24.0 Å². The van der Waals surface area contributed by atoms with Gasteiger partial charge in [0.2, 0.25) is 0 Å². The Bertz CT molecular complexity index is 276. The Labute approximate surface area is 79.4 Å². The van der Waals surface area contributed by atoms with E-state index in [0.29, 0.717) is 6.61 Å². The van der Waals surface area contributed by atoms with Crippen LogP contribution in [0.15, 0.2) is 24.3 Å². The maximum atomic E-state index is 8.72. The smallest absolute Gasteiger partial charge is 0.0434 e. The minimum absolute atomic E-state index is 0.299. The predicted octanol–water partition coefficient (Wildman–Crippen LogP) is 2.49. The molecule has 1 nitrogen and oxygen atoms in total. The summed E-state index contributed by atoms with van der Waals surface area (Å²) in [5.74, 6) is 0.842. The summed E-state index contributed by atoms with van der Waals surface area (Å²) in [6, 6.07) is 8.81. The zero-order valence-electron chi connectivity index (χ0n) is 7.87. The van der Waals surface area contributed by atoms with Gasteiger partial charge in [0, 0.05) is 6.61 Å². The summed E-state index contributed by atoms with van der Waals surface area (Å²) in [6.07, 6.45) is 4.62. The molecule has 1 saturated carbocycles. The van der Waals surface area contributed by atoms with Crippen molar-refractivity contribution in [3.05, 3.63) is 35.4 Å². The average Bonchev–Trinajstić information content (AvgIpc) is 2.98. The first-order valence-electron chi connectivity index (χ1n) is 5.10. The third-order valence-electron chi connectivity index (χ3n) is 2.62. The molecular weight excluding hydrogens is 160 g/mol.